The summed E-state index contributed by atoms with van der Waals surface area (Å²) in [6.07, 6.45) is 2.31. The van der Waals surface area contributed by atoms with Crippen LogP contribution in [0.15, 0.2) is 0 Å². The predicted molar refractivity (Wildman–Crippen MR) is 53.0 cm³/mol. The van der Waals surface area contributed by atoms with Gasteiger partial charge in [0, 0.05) is 19.7 Å². The molecule has 2 N–H and O–H groups in total. The predicted octanol–water partition coefficient (Wildman–Crippen LogP) is 0.864. The zero-order chi connectivity index (χ0) is 10.4. The molecule has 0 spiro atoms. The van der Waals surface area contributed by atoms with E-state index in [-0.39, 0.29) is 6.04 Å². The van der Waals surface area contributed by atoms with Gasteiger partial charge in [0.25, 0.3) is 0 Å². The first-order valence-electron chi connectivity index (χ1n) is 5.28. The molecule has 14 heavy (non-hydrogen) atoms. The van der Waals surface area contributed by atoms with E-state index in [1.54, 1.807) is 7.11 Å². The Balaban J connectivity index is 2.15. The number of ether oxygens (including phenoxy) is 1. The van der Waals surface area contributed by atoms with Gasteiger partial charge in [-0.25, -0.2) is 4.39 Å². The lowest BCUT2D eigenvalue weighted by atomic mass is 9.93. The second kappa shape index (κ2) is 6.32. The Labute approximate surface area is 84.6 Å². The maximum Gasteiger partial charge on any atom is 0.115 e. The first-order valence-corrected chi connectivity index (χ1v) is 5.28. The van der Waals surface area contributed by atoms with Crippen LogP contribution in [0.3, 0.4) is 0 Å². The standard InChI is InChI=1S/C10H20FNO2/c1-14-7-8(13)6-12-10-5-3-2-4-9(10)11/h8-10,12-13H,2-7H2,1H3/t8?,9-,10-/m1/s1. The molecule has 0 aliphatic heterocycles. The van der Waals surface area contributed by atoms with E-state index in [2.05, 4.69) is 5.32 Å². The van der Waals surface area contributed by atoms with Gasteiger partial charge < -0.3 is 15.2 Å². The van der Waals surface area contributed by atoms with Crippen LogP contribution in [0.25, 0.3) is 0 Å². The lowest BCUT2D eigenvalue weighted by Gasteiger charge is -2.27. The molecule has 0 aromatic carbocycles. The first kappa shape index (κ1) is 11.9. The Morgan fingerprint density at radius 1 is 1.50 bits per heavy atom. The molecule has 1 aliphatic rings. The highest BCUT2D eigenvalue weighted by molar-refractivity contribution is 4.81. The summed E-state index contributed by atoms with van der Waals surface area (Å²) in [7, 11) is 1.54. The molecule has 0 bridgehead atoms. The monoisotopic (exact) mass is 205 g/mol. The maximum absolute atomic E-state index is 13.3. The number of nitrogens with one attached hydrogen (secondary N) is 1. The lowest BCUT2D eigenvalue weighted by Crippen LogP contribution is -2.44. The van der Waals surface area contributed by atoms with Crippen LogP contribution in [0.4, 0.5) is 4.39 Å². The third-order valence-electron chi connectivity index (χ3n) is 2.66. The Morgan fingerprint density at radius 2 is 2.21 bits per heavy atom. The van der Waals surface area contributed by atoms with Gasteiger partial charge in [0.1, 0.15) is 6.17 Å². The zero-order valence-corrected chi connectivity index (χ0v) is 8.71. The van der Waals surface area contributed by atoms with Crippen LogP contribution in [-0.4, -0.2) is 43.7 Å². The number of methoxy groups -OCH3 is 1. The SMILES string of the molecule is COCC(O)CN[C@@H]1CCCC[C@H]1F. The van der Waals surface area contributed by atoms with Crippen molar-refractivity contribution in [1.29, 1.82) is 0 Å². The second-order valence-electron chi connectivity index (χ2n) is 3.92. The van der Waals surface area contributed by atoms with Crippen LogP contribution in [0.5, 0.6) is 0 Å². The van der Waals surface area contributed by atoms with Gasteiger partial charge in [-0.15, -0.1) is 0 Å². The van der Waals surface area contributed by atoms with Crippen molar-refractivity contribution in [2.45, 2.75) is 44.0 Å². The summed E-state index contributed by atoms with van der Waals surface area (Å²) < 4.78 is 18.1. The van der Waals surface area contributed by atoms with Gasteiger partial charge in [-0.2, -0.15) is 0 Å². The Hall–Kier alpha value is -0.190. The van der Waals surface area contributed by atoms with E-state index in [1.807, 2.05) is 0 Å². The molecule has 1 fully saturated rings. The van der Waals surface area contributed by atoms with Gasteiger partial charge in [0.15, 0.2) is 0 Å². The average Bonchev–Trinajstić information content (AvgIpc) is 2.17. The summed E-state index contributed by atoms with van der Waals surface area (Å²) in [6, 6.07) is -0.0738. The van der Waals surface area contributed by atoms with Gasteiger partial charge in [0.05, 0.1) is 12.7 Å². The van der Waals surface area contributed by atoms with E-state index in [1.165, 1.54) is 0 Å². The highest BCUT2D eigenvalue weighted by Gasteiger charge is 2.24. The average molecular weight is 205 g/mol. The molecule has 1 saturated carbocycles. The molecule has 0 aromatic heterocycles. The van der Waals surface area contributed by atoms with Crippen LogP contribution >= 0.6 is 0 Å². The smallest absolute Gasteiger partial charge is 0.115 e. The molecular weight excluding hydrogens is 185 g/mol. The second-order valence-corrected chi connectivity index (χ2v) is 3.92. The summed E-state index contributed by atoms with van der Waals surface area (Å²) >= 11 is 0. The first-order chi connectivity index (χ1) is 6.74. The minimum Gasteiger partial charge on any atom is -0.389 e. The number of halogens is 1. The minimum absolute atomic E-state index is 0.0738. The molecule has 4 heteroatoms. The van der Waals surface area contributed by atoms with Gasteiger partial charge in [-0.05, 0) is 12.8 Å². The molecule has 3 atom stereocenters. The van der Waals surface area contributed by atoms with Crippen molar-refractivity contribution in [1.82, 2.24) is 5.32 Å². The summed E-state index contributed by atoms with van der Waals surface area (Å²) in [5.74, 6) is 0. The van der Waals surface area contributed by atoms with Crippen molar-refractivity contribution < 1.29 is 14.2 Å². The number of rotatable bonds is 5. The number of aliphatic hydroxyl groups excluding tert-OH is 1. The number of hydrogen-bond donors (Lipinski definition) is 2. The fourth-order valence-corrected chi connectivity index (χ4v) is 1.85. The molecule has 0 saturated heterocycles. The Morgan fingerprint density at radius 3 is 2.86 bits per heavy atom. The van der Waals surface area contributed by atoms with Crippen LogP contribution in [0.2, 0.25) is 0 Å². The van der Waals surface area contributed by atoms with Crippen LogP contribution < -0.4 is 5.32 Å². The quantitative estimate of drug-likeness (QED) is 0.699. The fraction of sp³-hybridized carbons (Fsp3) is 1.00. The molecule has 3 nitrogen and oxygen atoms in total. The minimum atomic E-state index is -0.751. The fourth-order valence-electron chi connectivity index (χ4n) is 1.85. The van der Waals surface area contributed by atoms with Crippen molar-refractivity contribution >= 4 is 0 Å². The van der Waals surface area contributed by atoms with E-state index < -0.39 is 12.3 Å². The molecule has 1 aliphatic carbocycles. The van der Waals surface area contributed by atoms with Crippen molar-refractivity contribution in [3.8, 4) is 0 Å². The number of aliphatic hydroxyl groups is 1. The number of hydrogen-bond acceptors (Lipinski definition) is 3. The zero-order valence-electron chi connectivity index (χ0n) is 8.71. The third kappa shape index (κ3) is 3.90. The van der Waals surface area contributed by atoms with E-state index in [0.29, 0.717) is 19.6 Å². The van der Waals surface area contributed by atoms with E-state index in [4.69, 9.17) is 4.74 Å². The number of alkyl halides is 1. The van der Waals surface area contributed by atoms with E-state index in [9.17, 15) is 9.50 Å². The molecular formula is C10H20FNO2. The summed E-state index contributed by atoms with van der Waals surface area (Å²) in [4.78, 5) is 0. The normalized spacial score (nSPS) is 30.2. The van der Waals surface area contributed by atoms with Crippen molar-refractivity contribution in [2.75, 3.05) is 20.3 Å². The van der Waals surface area contributed by atoms with E-state index in [0.717, 1.165) is 19.3 Å². The molecule has 1 rings (SSSR count). The molecule has 0 radical (unpaired) electrons. The van der Waals surface area contributed by atoms with Gasteiger partial charge in [-0.1, -0.05) is 12.8 Å². The van der Waals surface area contributed by atoms with Crippen molar-refractivity contribution in [2.24, 2.45) is 0 Å². The molecule has 0 heterocycles. The largest absolute Gasteiger partial charge is 0.389 e. The van der Waals surface area contributed by atoms with Crippen LogP contribution in [0.1, 0.15) is 25.7 Å². The van der Waals surface area contributed by atoms with Gasteiger partial charge >= 0.3 is 0 Å². The Kier molecular flexibility index (Phi) is 5.37. The molecule has 0 aromatic rings. The summed E-state index contributed by atoms with van der Waals surface area (Å²) in [6.45, 7) is 0.718. The highest BCUT2D eigenvalue weighted by atomic mass is 19.1. The molecule has 84 valence electrons. The maximum atomic E-state index is 13.3. The van der Waals surface area contributed by atoms with E-state index >= 15 is 0 Å². The molecule has 1 unspecified atom stereocenters. The highest BCUT2D eigenvalue weighted by Crippen LogP contribution is 2.20. The molecule has 0 amide bonds. The summed E-state index contributed by atoms with van der Waals surface area (Å²) in [5, 5.41) is 12.4. The van der Waals surface area contributed by atoms with Crippen molar-refractivity contribution in [3.63, 3.8) is 0 Å². The van der Waals surface area contributed by atoms with Gasteiger partial charge in [-0.3, -0.25) is 0 Å². The third-order valence-corrected chi connectivity index (χ3v) is 2.66. The van der Waals surface area contributed by atoms with Crippen LogP contribution in [-0.2, 0) is 4.74 Å². The van der Waals surface area contributed by atoms with Gasteiger partial charge in [0.2, 0.25) is 0 Å². The van der Waals surface area contributed by atoms with Crippen LogP contribution in [0, 0.1) is 0 Å². The Bertz CT molecular complexity index is 157. The topological polar surface area (TPSA) is 41.5 Å². The summed E-state index contributed by atoms with van der Waals surface area (Å²) in [5.41, 5.74) is 0. The van der Waals surface area contributed by atoms with Crippen molar-refractivity contribution in [3.05, 3.63) is 0 Å². The lowest BCUT2D eigenvalue weighted by molar-refractivity contribution is 0.0578.